The fourth-order valence-electron chi connectivity index (χ4n) is 4.90. The number of ether oxygens (including phenoxy) is 4. The lowest BCUT2D eigenvalue weighted by Gasteiger charge is -2.51. The lowest BCUT2D eigenvalue weighted by atomic mass is 9.81. The van der Waals surface area contributed by atoms with Crippen molar-refractivity contribution in [1.29, 1.82) is 0 Å². The van der Waals surface area contributed by atoms with E-state index in [0.29, 0.717) is 0 Å². The Bertz CT molecular complexity index is 918. The van der Waals surface area contributed by atoms with Gasteiger partial charge in [-0.2, -0.15) is 0 Å². The fraction of sp³-hybridized carbons (Fsp3) is 0.586. The predicted octanol–water partition coefficient (Wildman–Crippen LogP) is -1.07. The Morgan fingerprint density at radius 2 is 1.41 bits per heavy atom. The minimum absolute atomic E-state index is 0.00773. The van der Waals surface area contributed by atoms with Crippen LogP contribution in [0.1, 0.15) is 18.4 Å². The van der Waals surface area contributed by atoms with Crippen LogP contribution in [0.15, 0.2) is 68.3 Å². The molecule has 0 radical (unpaired) electrons. The molecule has 8 N–H and O–H groups in total. The molecule has 0 saturated carbocycles. The van der Waals surface area contributed by atoms with Gasteiger partial charge in [-0.1, -0.05) is 48.6 Å². The van der Waals surface area contributed by atoms with Crippen LogP contribution in [-0.2, 0) is 25.4 Å². The first-order chi connectivity index (χ1) is 19.6. The SMILES string of the molecule is C=CCOC(CC=C)(CC=C)[C@@]1(O[C@H]2O[C@H](CO)[C@@H](O)[C@H](O)[C@H]2O)O[C@H](CO)[C@@H](O)[C@@H]1O.OCCc1ccccc1. The highest BCUT2D eigenvalue weighted by molar-refractivity contribution is 5.15. The highest BCUT2D eigenvalue weighted by Gasteiger charge is 2.68. The van der Waals surface area contributed by atoms with Gasteiger partial charge in [0, 0.05) is 6.61 Å². The van der Waals surface area contributed by atoms with E-state index in [2.05, 4.69) is 19.7 Å². The van der Waals surface area contributed by atoms with Crippen LogP contribution in [0.4, 0.5) is 0 Å². The van der Waals surface area contributed by atoms with E-state index in [0.717, 1.165) is 6.42 Å². The molecule has 12 nitrogen and oxygen atoms in total. The molecule has 0 unspecified atom stereocenters. The van der Waals surface area contributed by atoms with Gasteiger partial charge in [0.15, 0.2) is 6.29 Å². The highest BCUT2D eigenvalue weighted by Crippen LogP contribution is 2.48. The molecule has 0 aliphatic carbocycles. The molecule has 2 aliphatic rings. The largest absolute Gasteiger partial charge is 0.396 e. The summed E-state index contributed by atoms with van der Waals surface area (Å²) in [5.41, 5.74) is -0.409. The van der Waals surface area contributed by atoms with E-state index in [-0.39, 0.29) is 26.1 Å². The van der Waals surface area contributed by atoms with Crippen LogP contribution in [0.25, 0.3) is 0 Å². The van der Waals surface area contributed by atoms with Gasteiger partial charge in [0.25, 0.3) is 0 Å². The Labute approximate surface area is 240 Å². The van der Waals surface area contributed by atoms with E-state index in [1.54, 1.807) is 0 Å². The van der Waals surface area contributed by atoms with Crippen molar-refractivity contribution in [2.75, 3.05) is 26.4 Å². The van der Waals surface area contributed by atoms with Crippen molar-refractivity contribution in [3.8, 4) is 0 Å². The molecule has 9 atom stereocenters. The van der Waals surface area contributed by atoms with Crippen LogP contribution >= 0.6 is 0 Å². The number of aliphatic hydroxyl groups excluding tert-OH is 8. The second-order valence-electron chi connectivity index (χ2n) is 9.80. The molecule has 2 fully saturated rings. The van der Waals surface area contributed by atoms with Gasteiger partial charge in [-0.15, -0.1) is 19.7 Å². The lowest BCUT2D eigenvalue weighted by Crippen LogP contribution is -2.68. The normalized spacial score (nSPS) is 33.5. The second kappa shape index (κ2) is 16.6. The Morgan fingerprint density at radius 3 is 1.90 bits per heavy atom. The molecular formula is C29H44O12. The highest BCUT2D eigenvalue weighted by atomic mass is 16.8. The third kappa shape index (κ3) is 7.87. The number of rotatable bonds is 14. The molecule has 1 aromatic rings. The maximum atomic E-state index is 11.1. The van der Waals surface area contributed by atoms with E-state index < -0.39 is 73.6 Å². The first-order valence-corrected chi connectivity index (χ1v) is 13.4. The third-order valence-corrected chi connectivity index (χ3v) is 7.04. The molecule has 1 aromatic carbocycles. The summed E-state index contributed by atoms with van der Waals surface area (Å²) in [5, 5.41) is 80.0. The maximum absolute atomic E-state index is 11.1. The smallest absolute Gasteiger partial charge is 0.230 e. The van der Waals surface area contributed by atoms with Crippen molar-refractivity contribution in [2.45, 2.75) is 79.7 Å². The summed E-state index contributed by atoms with van der Waals surface area (Å²) in [5.74, 6) is -2.27. The van der Waals surface area contributed by atoms with Crippen molar-refractivity contribution in [3.05, 3.63) is 73.9 Å². The van der Waals surface area contributed by atoms with Crippen molar-refractivity contribution >= 4 is 0 Å². The molecule has 0 aromatic heterocycles. The average molecular weight is 585 g/mol. The van der Waals surface area contributed by atoms with Gasteiger partial charge in [0.1, 0.15) is 48.3 Å². The molecule has 0 amide bonds. The Hall–Kier alpha value is -2.04. The summed E-state index contributed by atoms with van der Waals surface area (Å²) in [6.07, 6.45) is -7.89. The third-order valence-electron chi connectivity index (χ3n) is 7.04. The van der Waals surface area contributed by atoms with Gasteiger partial charge in [0.2, 0.25) is 5.79 Å². The lowest BCUT2D eigenvalue weighted by molar-refractivity contribution is -0.416. The summed E-state index contributed by atoms with van der Waals surface area (Å²) in [6, 6.07) is 9.95. The minimum atomic E-state index is -2.27. The molecule has 232 valence electrons. The molecule has 2 aliphatic heterocycles. The van der Waals surface area contributed by atoms with Gasteiger partial charge in [-0.05, 0) is 24.8 Å². The minimum Gasteiger partial charge on any atom is -0.396 e. The maximum Gasteiger partial charge on any atom is 0.230 e. The molecule has 3 rings (SSSR count). The predicted molar refractivity (Wildman–Crippen MR) is 147 cm³/mol. The Morgan fingerprint density at radius 1 is 0.805 bits per heavy atom. The first-order valence-electron chi connectivity index (χ1n) is 13.4. The molecule has 0 spiro atoms. The van der Waals surface area contributed by atoms with Crippen LogP contribution in [0.5, 0.6) is 0 Å². The zero-order valence-corrected chi connectivity index (χ0v) is 23.0. The van der Waals surface area contributed by atoms with Gasteiger partial charge in [-0.25, -0.2) is 0 Å². The first kappa shape index (κ1) is 35.2. The van der Waals surface area contributed by atoms with Crippen molar-refractivity contribution < 1.29 is 59.8 Å². The molecule has 41 heavy (non-hydrogen) atoms. The number of benzene rings is 1. The summed E-state index contributed by atoms with van der Waals surface area (Å²) in [4.78, 5) is 0. The van der Waals surface area contributed by atoms with Gasteiger partial charge < -0.3 is 59.8 Å². The van der Waals surface area contributed by atoms with Crippen LogP contribution < -0.4 is 0 Å². The molecule has 12 heteroatoms. The molecule has 2 heterocycles. The van der Waals surface area contributed by atoms with E-state index in [1.165, 1.54) is 23.8 Å². The average Bonchev–Trinajstić information content (AvgIpc) is 3.23. The summed E-state index contributed by atoms with van der Waals surface area (Å²) in [7, 11) is 0. The molecular weight excluding hydrogens is 540 g/mol. The molecule has 0 bridgehead atoms. The fourth-order valence-corrected chi connectivity index (χ4v) is 4.90. The number of hydrogen-bond donors (Lipinski definition) is 8. The zero-order chi connectivity index (χ0) is 30.6. The topological polar surface area (TPSA) is 199 Å². The summed E-state index contributed by atoms with van der Waals surface area (Å²) in [6.45, 7) is 9.81. The zero-order valence-electron chi connectivity index (χ0n) is 23.0. The van der Waals surface area contributed by atoms with E-state index >= 15 is 0 Å². The monoisotopic (exact) mass is 584 g/mol. The van der Waals surface area contributed by atoms with Crippen LogP contribution in [0.2, 0.25) is 0 Å². The van der Waals surface area contributed by atoms with Gasteiger partial charge in [0.05, 0.1) is 19.8 Å². The van der Waals surface area contributed by atoms with Crippen molar-refractivity contribution in [3.63, 3.8) is 0 Å². The van der Waals surface area contributed by atoms with Crippen LogP contribution in [-0.4, -0.2) is 128 Å². The van der Waals surface area contributed by atoms with E-state index in [1.807, 2.05) is 30.3 Å². The van der Waals surface area contributed by atoms with Crippen molar-refractivity contribution in [1.82, 2.24) is 0 Å². The number of hydrogen-bond acceptors (Lipinski definition) is 12. The molecule has 2 saturated heterocycles. The standard InChI is InChI=1S/C21H34O11.C8H10O/c1-4-7-20(8-5-2,29-9-6-3)21(18(28)15(25)13(11-23)31-21)32-19-17(27)16(26)14(24)12(10-22)30-19;9-7-6-8-4-2-1-3-5-8/h4-6,12-19,22-28H,1-3,7-11H2;1-5,9H,6-7H2/t12-,13-,14-,15-,16+,17-,18+,19-,21-;/m1./s1. The van der Waals surface area contributed by atoms with E-state index in [4.69, 9.17) is 24.1 Å². The Kier molecular flexibility index (Phi) is 14.2. The van der Waals surface area contributed by atoms with Crippen LogP contribution in [0, 0.1) is 0 Å². The van der Waals surface area contributed by atoms with Gasteiger partial charge in [-0.3, -0.25) is 0 Å². The van der Waals surface area contributed by atoms with Gasteiger partial charge >= 0.3 is 0 Å². The van der Waals surface area contributed by atoms with Crippen LogP contribution in [0.3, 0.4) is 0 Å². The Balaban J connectivity index is 0.000000553. The van der Waals surface area contributed by atoms with E-state index in [9.17, 15) is 35.7 Å². The quantitative estimate of drug-likeness (QED) is 0.123. The van der Waals surface area contributed by atoms with Crippen molar-refractivity contribution in [2.24, 2.45) is 0 Å². The summed E-state index contributed by atoms with van der Waals surface area (Å²) >= 11 is 0. The second-order valence-corrected chi connectivity index (χ2v) is 9.80. The summed E-state index contributed by atoms with van der Waals surface area (Å²) < 4.78 is 23.2. The number of aliphatic hydroxyl groups is 8.